The maximum atomic E-state index is 15.2. The van der Waals surface area contributed by atoms with E-state index in [1.54, 1.807) is 7.05 Å². The Hall–Kier alpha value is -2.60. The van der Waals surface area contributed by atoms with Gasteiger partial charge in [-0.05, 0) is 62.2 Å². The summed E-state index contributed by atoms with van der Waals surface area (Å²) in [5.41, 5.74) is -0.685. The third kappa shape index (κ3) is 6.64. The Bertz CT molecular complexity index is 1220. The molecule has 2 heterocycles. The van der Waals surface area contributed by atoms with E-state index in [0.717, 1.165) is 45.2 Å². The Balaban J connectivity index is 1.23. The summed E-state index contributed by atoms with van der Waals surface area (Å²) in [6.07, 6.45) is 3.16. The molecule has 2 N–H and O–H groups in total. The summed E-state index contributed by atoms with van der Waals surface area (Å²) in [6, 6.07) is -0.128. The summed E-state index contributed by atoms with van der Waals surface area (Å²) in [6.45, 7) is 3.19. The van der Waals surface area contributed by atoms with Gasteiger partial charge in [-0.3, -0.25) is 19.1 Å². The summed E-state index contributed by atoms with van der Waals surface area (Å²) >= 11 is 0. The Morgan fingerprint density at radius 2 is 1.71 bits per heavy atom. The number of aliphatic carboxylic acids is 1. The van der Waals surface area contributed by atoms with E-state index in [9.17, 15) is 24.3 Å². The van der Waals surface area contributed by atoms with Gasteiger partial charge in [-0.15, -0.1) is 0 Å². The molecule has 5 rings (SSSR count). The molecular formula is C30H44F2N4O6. The van der Waals surface area contributed by atoms with E-state index in [1.165, 1.54) is 21.4 Å². The van der Waals surface area contributed by atoms with Crippen molar-refractivity contribution in [2.75, 3.05) is 32.8 Å². The number of fused-ring (bicyclic) bond motifs is 1. The van der Waals surface area contributed by atoms with E-state index in [1.807, 2.05) is 0 Å². The molecule has 1 aromatic rings. The van der Waals surface area contributed by atoms with Crippen LogP contribution in [-0.4, -0.2) is 82.3 Å². The molecule has 12 heteroatoms. The van der Waals surface area contributed by atoms with Crippen molar-refractivity contribution in [1.29, 1.82) is 0 Å². The zero-order valence-corrected chi connectivity index (χ0v) is 24.3. The average molecular weight is 595 g/mol. The van der Waals surface area contributed by atoms with Gasteiger partial charge in [-0.2, -0.15) is 0 Å². The molecule has 1 aliphatic heterocycles. The molecule has 0 aromatic carbocycles. The van der Waals surface area contributed by atoms with Gasteiger partial charge in [0.2, 0.25) is 5.91 Å². The van der Waals surface area contributed by atoms with Gasteiger partial charge in [0.15, 0.2) is 0 Å². The molecule has 3 saturated carbocycles. The number of ether oxygens (including phenoxy) is 1. The van der Waals surface area contributed by atoms with E-state index in [0.29, 0.717) is 26.2 Å². The van der Waals surface area contributed by atoms with Gasteiger partial charge >= 0.3 is 11.7 Å². The van der Waals surface area contributed by atoms with Gasteiger partial charge < -0.3 is 19.7 Å². The molecule has 1 saturated heterocycles. The van der Waals surface area contributed by atoms with Gasteiger partial charge in [-0.1, -0.05) is 19.3 Å². The number of carbonyl (C=O) groups excluding carboxylic acids is 1. The highest BCUT2D eigenvalue weighted by atomic mass is 19.1. The number of carboxylic acid groups (broad SMARTS) is 1. The molecule has 1 amide bonds. The summed E-state index contributed by atoms with van der Waals surface area (Å²) < 4.78 is 38.6. The van der Waals surface area contributed by atoms with Crippen molar-refractivity contribution in [2.45, 2.75) is 82.2 Å². The van der Waals surface area contributed by atoms with Crippen LogP contribution in [0.25, 0.3) is 0 Å². The van der Waals surface area contributed by atoms with Crippen LogP contribution in [0.4, 0.5) is 8.78 Å². The van der Waals surface area contributed by atoms with E-state index in [2.05, 4.69) is 10.2 Å². The first-order valence-corrected chi connectivity index (χ1v) is 15.5. The van der Waals surface area contributed by atoms with Crippen molar-refractivity contribution in [1.82, 2.24) is 19.4 Å². The second kappa shape index (κ2) is 13.4. The standard InChI is InChI=1S/C30H44F2N4O6/c1-34-9-8-26(37)36(30(34)41)25-7-3-5-20-19(4-2-6-21(20)25)16-24(29(39)40)33-28(38)27-22(31)14-18(15-23(27)32)17-35-10-12-42-13-11-35/h8-9,18-25,27H,2-7,10-17H2,1H3,(H,33,38)(H,39,40)/t18?,19?,20?,21?,22?,23?,24-,25?,27?/m0/s1. The quantitative estimate of drug-likeness (QED) is 0.474. The number of alkyl halides is 2. The molecule has 6 unspecified atom stereocenters. The summed E-state index contributed by atoms with van der Waals surface area (Å²) in [5, 5.41) is 12.5. The normalized spacial score (nSPS) is 34.7. The molecule has 7 atom stereocenters. The summed E-state index contributed by atoms with van der Waals surface area (Å²) in [5.74, 6) is -3.75. The highest BCUT2D eigenvalue weighted by molar-refractivity contribution is 5.85. The first-order valence-electron chi connectivity index (χ1n) is 15.5. The predicted octanol–water partition coefficient (Wildman–Crippen LogP) is 2.30. The van der Waals surface area contributed by atoms with Crippen molar-refractivity contribution in [2.24, 2.45) is 36.6 Å². The number of aromatic nitrogens is 2. The molecule has 42 heavy (non-hydrogen) atoms. The third-order valence-electron chi connectivity index (χ3n) is 10.3. The molecule has 0 spiro atoms. The van der Waals surface area contributed by atoms with Crippen molar-refractivity contribution in [3.05, 3.63) is 33.1 Å². The van der Waals surface area contributed by atoms with Crippen molar-refractivity contribution in [3.63, 3.8) is 0 Å². The fourth-order valence-corrected chi connectivity index (χ4v) is 8.27. The number of hydrogen-bond donors (Lipinski definition) is 2. The monoisotopic (exact) mass is 594 g/mol. The minimum absolute atomic E-state index is 0.0441. The second-order valence-corrected chi connectivity index (χ2v) is 12.9. The van der Waals surface area contributed by atoms with Crippen LogP contribution in [0.2, 0.25) is 0 Å². The van der Waals surface area contributed by atoms with Gasteiger partial charge in [0.05, 0.1) is 13.2 Å². The topological polar surface area (TPSA) is 123 Å². The Labute approximate surface area is 244 Å². The Kier molecular flexibility index (Phi) is 9.81. The number of carboxylic acids is 1. The van der Waals surface area contributed by atoms with E-state index >= 15 is 8.78 Å². The highest BCUT2D eigenvalue weighted by Gasteiger charge is 2.46. The molecule has 3 aliphatic carbocycles. The van der Waals surface area contributed by atoms with Gasteiger partial charge in [0, 0.05) is 45.0 Å². The van der Waals surface area contributed by atoms with Crippen molar-refractivity contribution in [3.8, 4) is 0 Å². The number of halogens is 2. The minimum Gasteiger partial charge on any atom is -0.480 e. The largest absolute Gasteiger partial charge is 0.480 e. The minimum atomic E-state index is -1.68. The molecule has 234 valence electrons. The van der Waals surface area contributed by atoms with Crippen LogP contribution in [0.1, 0.15) is 63.8 Å². The van der Waals surface area contributed by atoms with Crippen LogP contribution in [0.15, 0.2) is 21.9 Å². The maximum Gasteiger partial charge on any atom is 0.330 e. The number of aryl methyl sites for hydroxylation is 1. The zero-order valence-electron chi connectivity index (χ0n) is 24.3. The van der Waals surface area contributed by atoms with Crippen LogP contribution in [0.5, 0.6) is 0 Å². The van der Waals surface area contributed by atoms with Crippen LogP contribution in [0, 0.1) is 29.6 Å². The van der Waals surface area contributed by atoms with Gasteiger partial charge in [0.25, 0.3) is 5.56 Å². The number of rotatable bonds is 8. The fourth-order valence-electron chi connectivity index (χ4n) is 8.27. The molecule has 4 aliphatic rings. The molecule has 1 aromatic heterocycles. The first-order chi connectivity index (χ1) is 20.1. The molecular weight excluding hydrogens is 550 g/mol. The average Bonchev–Trinajstić information content (AvgIpc) is 2.95. The molecule has 0 radical (unpaired) electrons. The lowest BCUT2D eigenvalue weighted by molar-refractivity contribution is -0.145. The summed E-state index contributed by atoms with van der Waals surface area (Å²) in [7, 11) is 1.61. The number of nitrogens with one attached hydrogen (secondary N) is 1. The third-order valence-corrected chi connectivity index (χ3v) is 10.3. The van der Waals surface area contributed by atoms with Crippen molar-refractivity contribution < 1.29 is 28.2 Å². The predicted molar refractivity (Wildman–Crippen MR) is 151 cm³/mol. The number of morpholine rings is 1. The molecule has 4 fully saturated rings. The van der Waals surface area contributed by atoms with Crippen LogP contribution >= 0.6 is 0 Å². The number of hydrogen-bond acceptors (Lipinski definition) is 6. The zero-order chi connectivity index (χ0) is 30.0. The first kappa shape index (κ1) is 30.8. The lowest BCUT2D eigenvalue weighted by Crippen LogP contribution is -2.53. The summed E-state index contributed by atoms with van der Waals surface area (Å²) in [4.78, 5) is 53.2. The lowest BCUT2D eigenvalue weighted by Gasteiger charge is -2.46. The van der Waals surface area contributed by atoms with E-state index in [4.69, 9.17) is 4.74 Å². The number of nitrogens with zero attached hydrogens (tertiary/aromatic N) is 3. The van der Waals surface area contributed by atoms with Gasteiger partial charge in [-0.25, -0.2) is 18.4 Å². The van der Waals surface area contributed by atoms with Crippen LogP contribution in [-0.2, 0) is 21.4 Å². The maximum absolute atomic E-state index is 15.2. The van der Waals surface area contributed by atoms with Crippen LogP contribution < -0.4 is 16.6 Å². The van der Waals surface area contributed by atoms with Gasteiger partial charge in [0.1, 0.15) is 24.3 Å². The van der Waals surface area contributed by atoms with Crippen molar-refractivity contribution >= 4 is 11.9 Å². The smallest absolute Gasteiger partial charge is 0.330 e. The molecule has 0 bridgehead atoms. The SMILES string of the molecule is Cn1ccc(=O)n(C2CCCC3C(C[C@H](NC(=O)C4C(F)CC(CN5CCOCC5)CC4F)C(=O)O)CCCC32)c1=O. The number of amides is 1. The highest BCUT2D eigenvalue weighted by Crippen LogP contribution is 2.49. The fraction of sp³-hybridized carbons (Fsp3) is 0.800. The van der Waals surface area contributed by atoms with E-state index < -0.39 is 36.2 Å². The lowest BCUT2D eigenvalue weighted by atomic mass is 9.62. The Morgan fingerprint density at radius 3 is 2.40 bits per heavy atom. The molecule has 10 nitrogen and oxygen atoms in total. The number of carbonyl (C=O) groups is 2. The van der Waals surface area contributed by atoms with Crippen LogP contribution in [0.3, 0.4) is 0 Å². The Morgan fingerprint density at radius 1 is 1.05 bits per heavy atom. The van der Waals surface area contributed by atoms with E-state index in [-0.39, 0.29) is 60.2 Å². The second-order valence-electron chi connectivity index (χ2n) is 12.9.